The van der Waals surface area contributed by atoms with Crippen LogP contribution in [-0.2, 0) is 0 Å². The van der Waals surface area contributed by atoms with Gasteiger partial charge < -0.3 is 4.74 Å². The van der Waals surface area contributed by atoms with Crippen molar-refractivity contribution < 1.29 is 4.74 Å². The maximum atomic E-state index is 5.89. The Morgan fingerprint density at radius 2 is 1.30 bits per heavy atom. The molecule has 0 bridgehead atoms. The van der Waals surface area contributed by atoms with Gasteiger partial charge in [-0.15, -0.1) is 12.6 Å². The molecule has 3 aromatic rings. The van der Waals surface area contributed by atoms with Crippen molar-refractivity contribution in [3.05, 3.63) is 78.9 Å². The van der Waals surface area contributed by atoms with Crippen LogP contribution in [0.5, 0.6) is 11.5 Å². The van der Waals surface area contributed by atoms with E-state index in [0.29, 0.717) is 0 Å². The Labute approximate surface area is 124 Å². The lowest BCUT2D eigenvalue weighted by atomic mass is 10.1. The zero-order valence-electron chi connectivity index (χ0n) is 10.9. The van der Waals surface area contributed by atoms with E-state index in [2.05, 4.69) is 30.8 Å². The Morgan fingerprint density at radius 1 is 0.650 bits per heavy atom. The van der Waals surface area contributed by atoms with E-state index in [4.69, 9.17) is 4.74 Å². The van der Waals surface area contributed by atoms with Crippen LogP contribution in [0.1, 0.15) is 0 Å². The highest BCUT2D eigenvalue weighted by Gasteiger charge is 2.08. The third-order valence-corrected chi connectivity index (χ3v) is 3.52. The van der Waals surface area contributed by atoms with Gasteiger partial charge in [-0.1, -0.05) is 60.7 Å². The quantitative estimate of drug-likeness (QED) is 0.628. The summed E-state index contributed by atoms with van der Waals surface area (Å²) >= 11 is 4.63. The van der Waals surface area contributed by atoms with E-state index in [1.165, 1.54) is 0 Å². The Balaban J connectivity index is 1.98. The third-order valence-electron chi connectivity index (χ3n) is 3.05. The highest BCUT2D eigenvalue weighted by Crippen LogP contribution is 2.35. The van der Waals surface area contributed by atoms with Gasteiger partial charge in [-0.2, -0.15) is 0 Å². The lowest BCUT2D eigenvalue weighted by Crippen LogP contribution is -1.88. The third kappa shape index (κ3) is 2.70. The van der Waals surface area contributed by atoms with Gasteiger partial charge >= 0.3 is 0 Å². The van der Waals surface area contributed by atoms with Crippen LogP contribution in [0.15, 0.2) is 83.8 Å². The van der Waals surface area contributed by atoms with Crippen molar-refractivity contribution in [1.29, 1.82) is 0 Å². The Hall–Kier alpha value is -2.19. The molecule has 1 nitrogen and oxygen atoms in total. The Morgan fingerprint density at radius 3 is 2.00 bits per heavy atom. The number of thiol groups is 1. The Kier molecular flexibility index (Phi) is 3.75. The van der Waals surface area contributed by atoms with Gasteiger partial charge in [0.1, 0.15) is 11.5 Å². The smallest absolute Gasteiger partial charge is 0.141 e. The predicted molar refractivity (Wildman–Crippen MR) is 85.6 cm³/mol. The maximum absolute atomic E-state index is 5.89. The molecule has 20 heavy (non-hydrogen) atoms. The molecule has 2 heteroatoms. The van der Waals surface area contributed by atoms with Crippen LogP contribution in [0, 0.1) is 0 Å². The number of benzene rings is 3. The van der Waals surface area contributed by atoms with Crippen molar-refractivity contribution in [1.82, 2.24) is 0 Å². The Bertz CT molecular complexity index is 693. The molecule has 0 saturated heterocycles. The average molecular weight is 278 g/mol. The summed E-state index contributed by atoms with van der Waals surface area (Å²) in [5, 5.41) is 0. The molecule has 3 rings (SSSR count). The number of hydrogen-bond acceptors (Lipinski definition) is 2. The molecular weight excluding hydrogens is 264 g/mol. The van der Waals surface area contributed by atoms with Gasteiger partial charge in [0.2, 0.25) is 0 Å². The molecule has 0 atom stereocenters. The minimum Gasteiger partial charge on any atom is -0.456 e. The summed E-state index contributed by atoms with van der Waals surface area (Å²) in [7, 11) is 0. The topological polar surface area (TPSA) is 9.23 Å². The zero-order chi connectivity index (χ0) is 13.8. The van der Waals surface area contributed by atoms with Crippen molar-refractivity contribution in [2.24, 2.45) is 0 Å². The summed E-state index contributed by atoms with van der Waals surface area (Å²) in [6.45, 7) is 0. The van der Waals surface area contributed by atoms with Crippen LogP contribution < -0.4 is 4.74 Å². The van der Waals surface area contributed by atoms with Gasteiger partial charge in [-0.25, -0.2) is 0 Å². The van der Waals surface area contributed by atoms with Gasteiger partial charge in [0.15, 0.2) is 0 Å². The molecule has 0 amide bonds. The average Bonchev–Trinajstić information content (AvgIpc) is 2.51. The van der Waals surface area contributed by atoms with E-state index in [1.807, 2.05) is 60.7 Å². The molecule has 0 saturated carbocycles. The maximum Gasteiger partial charge on any atom is 0.141 e. The standard InChI is InChI=1S/C18H14OS/c20-18-16(14-8-3-1-4-9-14)12-7-13-17(18)19-15-10-5-2-6-11-15/h1-13,20H. The van der Waals surface area contributed by atoms with Gasteiger partial charge in [0, 0.05) is 0 Å². The molecule has 0 aliphatic heterocycles. The predicted octanol–water partition coefficient (Wildman–Crippen LogP) is 5.43. The van der Waals surface area contributed by atoms with Crippen molar-refractivity contribution in [2.75, 3.05) is 0 Å². The van der Waals surface area contributed by atoms with Crippen LogP contribution in [0.3, 0.4) is 0 Å². The normalized spacial score (nSPS) is 10.2. The van der Waals surface area contributed by atoms with E-state index in [9.17, 15) is 0 Å². The molecule has 0 unspecified atom stereocenters. The van der Waals surface area contributed by atoms with E-state index in [1.54, 1.807) is 0 Å². The second-order valence-corrected chi connectivity index (χ2v) is 4.88. The molecule has 0 N–H and O–H groups in total. The van der Waals surface area contributed by atoms with Crippen LogP contribution in [0.4, 0.5) is 0 Å². The highest BCUT2D eigenvalue weighted by molar-refractivity contribution is 7.80. The van der Waals surface area contributed by atoms with Gasteiger partial charge in [-0.05, 0) is 29.3 Å². The number of rotatable bonds is 3. The summed E-state index contributed by atoms with van der Waals surface area (Å²) in [6, 6.07) is 25.9. The minimum atomic E-state index is 0.765. The number of para-hydroxylation sites is 1. The molecule has 0 aliphatic rings. The van der Waals surface area contributed by atoms with E-state index in [-0.39, 0.29) is 0 Å². The molecule has 98 valence electrons. The monoisotopic (exact) mass is 278 g/mol. The largest absolute Gasteiger partial charge is 0.456 e. The van der Waals surface area contributed by atoms with Crippen molar-refractivity contribution in [3.63, 3.8) is 0 Å². The lowest BCUT2D eigenvalue weighted by molar-refractivity contribution is 0.472. The van der Waals surface area contributed by atoms with Crippen LogP contribution in [0.2, 0.25) is 0 Å². The van der Waals surface area contributed by atoms with Gasteiger partial charge in [0.05, 0.1) is 4.90 Å². The van der Waals surface area contributed by atoms with Crippen molar-refractivity contribution in [2.45, 2.75) is 4.90 Å². The first-order valence-corrected chi connectivity index (χ1v) is 6.89. The first kappa shape index (κ1) is 12.8. The second-order valence-electron chi connectivity index (χ2n) is 4.43. The summed E-state index contributed by atoms with van der Waals surface area (Å²) in [5.41, 5.74) is 2.21. The first-order valence-electron chi connectivity index (χ1n) is 6.45. The molecule has 3 aromatic carbocycles. The van der Waals surface area contributed by atoms with Crippen molar-refractivity contribution >= 4 is 12.6 Å². The molecular formula is C18H14OS. The van der Waals surface area contributed by atoms with Crippen LogP contribution >= 0.6 is 12.6 Å². The molecule has 0 aromatic heterocycles. The zero-order valence-corrected chi connectivity index (χ0v) is 11.8. The van der Waals surface area contributed by atoms with Crippen LogP contribution in [-0.4, -0.2) is 0 Å². The molecule has 0 aliphatic carbocycles. The highest BCUT2D eigenvalue weighted by atomic mass is 32.1. The summed E-state index contributed by atoms with van der Waals surface area (Å²) < 4.78 is 5.89. The van der Waals surface area contributed by atoms with E-state index >= 15 is 0 Å². The molecule has 0 spiro atoms. The SMILES string of the molecule is Sc1c(Oc2ccccc2)cccc1-c1ccccc1. The summed E-state index contributed by atoms with van der Waals surface area (Å²) in [5.74, 6) is 1.58. The fourth-order valence-electron chi connectivity index (χ4n) is 2.07. The van der Waals surface area contributed by atoms with E-state index < -0.39 is 0 Å². The summed E-state index contributed by atoms with van der Waals surface area (Å²) in [4.78, 5) is 0.850. The second kappa shape index (κ2) is 5.85. The molecule has 0 radical (unpaired) electrons. The van der Waals surface area contributed by atoms with Crippen molar-refractivity contribution in [3.8, 4) is 22.6 Å². The first-order chi connectivity index (χ1) is 9.84. The van der Waals surface area contributed by atoms with Crippen LogP contribution in [0.25, 0.3) is 11.1 Å². The molecule has 0 heterocycles. The number of ether oxygens (including phenoxy) is 1. The van der Waals surface area contributed by atoms with Gasteiger partial charge in [0.25, 0.3) is 0 Å². The minimum absolute atomic E-state index is 0.765. The number of hydrogen-bond donors (Lipinski definition) is 1. The lowest BCUT2D eigenvalue weighted by Gasteiger charge is -2.12. The molecule has 0 fully saturated rings. The fraction of sp³-hybridized carbons (Fsp3) is 0. The summed E-state index contributed by atoms with van der Waals surface area (Å²) in [6.07, 6.45) is 0. The van der Waals surface area contributed by atoms with Gasteiger partial charge in [-0.3, -0.25) is 0 Å². The van der Waals surface area contributed by atoms with E-state index in [0.717, 1.165) is 27.5 Å². The fourth-order valence-corrected chi connectivity index (χ4v) is 2.39.